The summed E-state index contributed by atoms with van der Waals surface area (Å²) in [4.78, 5) is 0. The highest BCUT2D eigenvalue weighted by atomic mass is 14.2. The van der Waals surface area contributed by atoms with E-state index in [1.165, 1.54) is 32.1 Å². The second kappa shape index (κ2) is 4.16. The Balaban J connectivity index is 2.42. The lowest BCUT2D eigenvalue weighted by molar-refractivity contribution is 0.708. The van der Waals surface area contributed by atoms with E-state index in [1.54, 1.807) is 16.7 Å². The zero-order chi connectivity index (χ0) is 9.97. The Hall–Kier alpha value is -0.780. The van der Waals surface area contributed by atoms with Gasteiger partial charge in [0.2, 0.25) is 0 Å². The van der Waals surface area contributed by atoms with Gasteiger partial charge in [-0.15, -0.1) is 0 Å². The maximum Gasteiger partial charge on any atom is -0.0216 e. The minimum atomic E-state index is 0.683. The maximum absolute atomic E-state index is 2.33. The molecule has 1 aliphatic carbocycles. The number of aryl methyl sites for hydroxylation is 1. The fourth-order valence-corrected chi connectivity index (χ4v) is 2.53. The maximum atomic E-state index is 2.33. The molecular weight excluding hydrogens is 168 g/mol. The van der Waals surface area contributed by atoms with Gasteiger partial charge in [-0.25, -0.2) is 0 Å². The smallest absolute Gasteiger partial charge is 0.0216 e. The van der Waals surface area contributed by atoms with Gasteiger partial charge in [0.1, 0.15) is 0 Å². The van der Waals surface area contributed by atoms with Crippen LogP contribution in [0.3, 0.4) is 0 Å². The van der Waals surface area contributed by atoms with Crippen molar-refractivity contribution in [2.45, 2.75) is 51.9 Å². The summed E-state index contributed by atoms with van der Waals surface area (Å²) in [6.45, 7) is 4.61. The third kappa shape index (κ3) is 1.84. The molecule has 0 bridgehead atoms. The topological polar surface area (TPSA) is 0 Å². The number of fused-ring (bicyclic) bond motifs is 1. The molecule has 0 saturated heterocycles. The van der Waals surface area contributed by atoms with Crippen molar-refractivity contribution in [3.8, 4) is 0 Å². The van der Waals surface area contributed by atoms with Crippen LogP contribution >= 0.6 is 0 Å². The van der Waals surface area contributed by atoms with Crippen LogP contribution in [0.1, 0.15) is 55.7 Å². The molecular formula is C14H20. The predicted molar refractivity (Wildman–Crippen MR) is 61.8 cm³/mol. The Morgan fingerprint density at radius 2 is 1.79 bits per heavy atom. The molecule has 0 saturated carbocycles. The summed E-state index contributed by atoms with van der Waals surface area (Å²) in [5.74, 6) is 0.683. The molecule has 1 aromatic carbocycles. The van der Waals surface area contributed by atoms with E-state index < -0.39 is 0 Å². The molecule has 0 spiro atoms. The van der Waals surface area contributed by atoms with Crippen LogP contribution in [-0.4, -0.2) is 0 Å². The van der Waals surface area contributed by atoms with E-state index in [-0.39, 0.29) is 0 Å². The van der Waals surface area contributed by atoms with Crippen LogP contribution < -0.4 is 0 Å². The molecule has 0 nitrogen and oxygen atoms in total. The summed E-state index contributed by atoms with van der Waals surface area (Å²) in [6.07, 6.45) is 6.79. The Kier molecular flexibility index (Phi) is 2.90. The lowest BCUT2D eigenvalue weighted by Crippen LogP contribution is -1.99. The lowest BCUT2D eigenvalue weighted by atomic mass is 9.91. The quantitative estimate of drug-likeness (QED) is 0.583. The van der Waals surface area contributed by atoms with E-state index in [2.05, 4.69) is 32.0 Å². The van der Waals surface area contributed by atoms with Gasteiger partial charge in [-0.1, -0.05) is 38.5 Å². The molecule has 0 atom stereocenters. The van der Waals surface area contributed by atoms with Crippen LogP contribution in [0.25, 0.3) is 0 Å². The molecule has 0 aromatic heterocycles. The number of hydrogen-bond acceptors (Lipinski definition) is 0. The van der Waals surface area contributed by atoms with Crippen LogP contribution in [0.2, 0.25) is 0 Å². The zero-order valence-corrected chi connectivity index (χ0v) is 9.34. The van der Waals surface area contributed by atoms with E-state index in [1.807, 2.05) is 0 Å². The summed E-state index contributed by atoms with van der Waals surface area (Å²) in [7, 11) is 0. The van der Waals surface area contributed by atoms with Gasteiger partial charge >= 0.3 is 0 Å². The molecule has 14 heavy (non-hydrogen) atoms. The van der Waals surface area contributed by atoms with E-state index in [9.17, 15) is 0 Å². The summed E-state index contributed by atoms with van der Waals surface area (Å²) in [6, 6.07) is 6.88. The third-order valence-electron chi connectivity index (χ3n) is 3.30. The Labute approximate surface area is 87.3 Å². The number of hydrogen-bond donors (Lipinski definition) is 0. The van der Waals surface area contributed by atoms with Crippen molar-refractivity contribution in [2.75, 3.05) is 0 Å². The summed E-state index contributed by atoms with van der Waals surface area (Å²) >= 11 is 0. The number of rotatable bonds is 1. The molecule has 0 aliphatic heterocycles. The zero-order valence-electron chi connectivity index (χ0n) is 9.34. The van der Waals surface area contributed by atoms with Gasteiger partial charge < -0.3 is 0 Å². The van der Waals surface area contributed by atoms with E-state index in [4.69, 9.17) is 0 Å². The largest absolute Gasteiger partial charge is 0.0617 e. The van der Waals surface area contributed by atoms with Crippen LogP contribution in [-0.2, 0) is 12.8 Å². The van der Waals surface area contributed by atoms with Gasteiger partial charge in [-0.2, -0.15) is 0 Å². The first-order valence-electron chi connectivity index (χ1n) is 5.89. The average molecular weight is 188 g/mol. The molecule has 0 fully saturated rings. The Morgan fingerprint density at radius 1 is 1.00 bits per heavy atom. The third-order valence-corrected chi connectivity index (χ3v) is 3.30. The Bertz CT molecular complexity index is 310. The lowest BCUT2D eigenvalue weighted by Gasteiger charge is -2.14. The monoisotopic (exact) mass is 188 g/mol. The van der Waals surface area contributed by atoms with Crippen molar-refractivity contribution in [3.05, 3.63) is 34.9 Å². The highest BCUT2D eigenvalue weighted by Crippen LogP contribution is 2.28. The van der Waals surface area contributed by atoms with Gasteiger partial charge in [0, 0.05) is 0 Å². The van der Waals surface area contributed by atoms with Crippen molar-refractivity contribution in [1.82, 2.24) is 0 Å². The van der Waals surface area contributed by atoms with Crippen LogP contribution in [0.15, 0.2) is 18.2 Å². The van der Waals surface area contributed by atoms with Crippen molar-refractivity contribution in [3.63, 3.8) is 0 Å². The fraction of sp³-hybridized carbons (Fsp3) is 0.571. The predicted octanol–water partition coefficient (Wildman–Crippen LogP) is 4.08. The molecule has 0 radical (unpaired) electrons. The van der Waals surface area contributed by atoms with Gasteiger partial charge in [0.25, 0.3) is 0 Å². The fourth-order valence-electron chi connectivity index (χ4n) is 2.53. The normalized spacial score (nSPS) is 16.5. The van der Waals surface area contributed by atoms with Gasteiger partial charge in [0.05, 0.1) is 0 Å². The SMILES string of the molecule is CC(C)c1cccc2c1CCCCC2. The van der Waals surface area contributed by atoms with Gasteiger partial charge in [0.15, 0.2) is 0 Å². The van der Waals surface area contributed by atoms with Crippen molar-refractivity contribution < 1.29 is 0 Å². The molecule has 1 aliphatic rings. The van der Waals surface area contributed by atoms with E-state index >= 15 is 0 Å². The average Bonchev–Trinajstić information content (AvgIpc) is 2.41. The van der Waals surface area contributed by atoms with Gasteiger partial charge in [-0.3, -0.25) is 0 Å². The minimum Gasteiger partial charge on any atom is -0.0617 e. The van der Waals surface area contributed by atoms with Crippen molar-refractivity contribution in [2.24, 2.45) is 0 Å². The van der Waals surface area contributed by atoms with Crippen LogP contribution in [0.5, 0.6) is 0 Å². The first-order chi connectivity index (χ1) is 6.79. The van der Waals surface area contributed by atoms with Crippen molar-refractivity contribution in [1.29, 1.82) is 0 Å². The molecule has 0 unspecified atom stereocenters. The highest BCUT2D eigenvalue weighted by molar-refractivity contribution is 5.38. The van der Waals surface area contributed by atoms with E-state index in [0.29, 0.717) is 5.92 Å². The van der Waals surface area contributed by atoms with E-state index in [0.717, 1.165) is 0 Å². The Morgan fingerprint density at radius 3 is 2.57 bits per heavy atom. The van der Waals surface area contributed by atoms with Crippen LogP contribution in [0, 0.1) is 0 Å². The molecule has 0 N–H and O–H groups in total. The molecule has 0 amide bonds. The second-order valence-corrected chi connectivity index (χ2v) is 4.70. The molecule has 0 heterocycles. The van der Waals surface area contributed by atoms with Crippen LogP contribution in [0.4, 0.5) is 0 Å². The second-order valence-electron chi connectivity index (χ2n) is 4.70. The number of benzene rings is 1. The molecule has 0 heteroatoms. The molecule has 2 rings (SSSR count). The summed E-state index contributed by atoms with van der Waals surface area (Å²) < 4.78 is 0. The molecule has 1 aromatic rings. The summed E-state index contributed by atoms with van der Waals surface area (Å²) in [5, 5.41) is 0. The standard InChI is InChI=1S/C14H20/c1-11(2)13-10-6-8-12-7-4-3-5-9-14(12)13/h6,8,10-11H,3-5,7,9H2,1-2H3. The highest BCUT2D eigenvalue weighted by Gasteiger charge is 2.12. The first-order valence-corrected chi connectivity index (χ1v) is 5.89. The first kappa shape index (κ1) is 9.76. The van der Waals surface area contributed by atoms with Crippen molar-refractivity contribution >= 4 is 0 Å². The molecule has 76 valence electrons. The van der Waals surface area contributed by atoms with Gasteiger partial charge in [-0.05, 0) is 48.3 Å². The summed E-state index contributed by atoms with van der Waals surface area (Å²) in [5.41, 5.74) is 4.87. The minimum absolute atomic E-state index is 0.683.